The van der Waals surface area contributed by atoms with Crippen LogP contribution in [0.4, 0.5) is 0 Å². The second-order valence-electron chi connectivity index (χ2n) is 5.65. The average molecular weight is 211 g/mol. The van der Waals surface area contributed by atoms with E-state index in [4.69, 9.17) is 4.74 Å². The van der Waals surface area contributed by atoms with Crippen molar-refractivity contribution in [2.24, 2.45) is 5.92 Å². The molecule has 2 rings (SSSR count). The molecule has 2 saturated carbocycles. The van der Waals surface area contributed by atoms with Gasteiger partial charge in [0.05, 0.1) is 12.2 Å². The smallest absolute Gasteiger partial charge is 0.0694 e. The topological polar surface area (TPSA) is 21.3 Å². The molecule has 0 bridgehead atoms. The van der Waals surface area contributed by atoms with Crippen molar-refractivity contribution in [1.29, 1.82) is 0 Å². The second-order valence-corrected chi connectivity index (χ2v) is 5.65. The zero-order chi connectivity index (χ0) is 10.7. The Labute approximate surface area is 93.8 Å². The maximum absolute atomic E-state index is 6.13. The summed E-state index contributed by atoms with van der Waals surface area (Å²) in [5.41, 5.74) is 0.268. The van der Waals surface area contributed by atoms with Crippen molar-refractivity contribution < 1.29 is 4.74 Å². The van der Waals surface area contributed by atoms with Crippen molar-refractivity contribution in [1.82, 2.24) is 5.32 Å². The van der Waals surface area contributed by atoms with Crippen LogP contribution in [0.2, 0.25) is 0 Å². The van der Waals surface area contributed by atoms with Gasteiger partial charge in [-0.05, 0) is 51.0 Å². The summed E-state index contributed by atoms with van der Waals surface area (Å²) in [5, 5.41) is 3.49. The lowest BCUT2D eigenvalue weighted by atomic mass is 9.77. The summed E-state index contributed by atoms with van der Waals surface area (Å²) in [5.74, 6) is 0.903. The highest BCUT2D eigenvalue weighted by Gasteiger charge is 2.38. The Bertz CT molecular complexity index is 195. The van der Waals surface area contributed by atoms with Crippen molar-refractivity contribution in [2.75, 3.05) is 13.2 Å². The highest BCUT2D eigenvalue weighted by atomic mass is 16.5. The Kier molecular flexibility index (Phi) is 3.68. The fourth-order valence-corrected chi connectivity index (χ4v) is 2.21. The minimum atomic E-state index is 0.268. The first-order valence-corrected chi connectivity index (χ1v) is 6.58. The molecule has 0 aromatic heterocycles. The molecule has 0 aromatic carbocycles. The Morgan fingerprint density at radius 1 is 1.33 bits per heavy atom. The van der Waals surface area contributed by atoms with Crippen molar-refractivity contribution in [3.63, 3.8) is 0 Å². The third-order valence-corrected chi connectivity index (χ3v) is 3.72. The van der Waals surface area contributed by atoms with Gasteiger partial charge in [-0.15, -0.1) is 0 Å². The van der Waals surface area contributed by atoms with Gasteiger partial charge >= 0.3 is 0 Å². The van der Waals surface area contributed by atoms with E-state index in [-0.39, 0.29) is 5.60 Å². The number of hydrogen-bond donors (Lipinski definition) is 1. The summed E-state index contributed by atoms with van der Waals surface area (Å²) in [6.07, 6.45) is 7.96. The van der Waals surface area contributed by atoms with Crippen molar-refractivity contribution in [3.05, 3.63) is 0 Å². The number of nitrogens with one attached hydrogen (secondary N) is 1. The molecule has 2 heteroatoms. The summed E-state index contributed by atoms with van der Waals surface area (Å²) >= 11 is 0. The van der Waals surface area contributed by atoms with Gasteiger partial charge in [0, 0.05) is 6.04 Å². The molecule has 2 aliphatic carbocycles. The van der Waals surface area contributed by atoms with Crippen LogP contribution in [-0.4, -0.2) is 24.8 Å². The van der Waals surface area contributed by atoms with Gasteiger partial charge in [0.25, 0.3) is 0 Å². The molecule has 88 valence electrons. The standard InChI is InChI=1S/C13H25NO/c1-11(2)14-9-8-13(6-3-7-13)15-10-12-4-5-12/h11-12,14H,3-10H2,1-2H3. The minimum Gasteiger partial charge on any atom is -0.375 e. The predicted octanol–water partition coefficient (Wildman–Crippen LogP) is 2.72. The van der Waals surface area contributed by atoms with E-state index in [1.165, 1.54) is 38.5 Å². The zero-order valence-corrected chi connectivity index (χ0v) is 10.2. The Morgan fingerprint density at radius 2 is 2.07 bits per heavy atom. The fourth-order valence-electron chi connectivity index (χ4n) is 2.21. The Hall–Kier alpha value is -0.0800. The third-order valence-electron chi connectivity index (χ3n) is 3.72. The maximum Gasteiger partial charge on any atom is 0.0694 e. The largest absolute Gasteiger partial charge is 0.375 e. The van der Waals surface area contributed by atoms with E-state index in [9.17, 15) is 0 Å². The lowest BCUT2D eigenvalue weighted by Gasteiger charge is -2.42. The molecule has 0 saturated heterocycles. The zero-order valence-electron chi connectivity index (χ0n) is 10.2. The van der Waals surface area contributed by atoms with Gasteiger partial charge in [0.2, 0.25) is 0 Å². The summed E-state index contributed by atoms with van der Waals surface area (Å²) in [6.45, 7) is 6.56. The quantitative estimate of drug-likeness (QED) is 0.699. The molecular formula is C13H25NO. The van der Waals surface area contributed by atoms with Gasteiger partial charge in [-0.3, -0.25) is 0 Å². The lowest BCUT2D eigenvalue weighted by Crippen LogP contribution is -2.43. The molecule has 0 spiro atoms. The number of hydrogen-bond acceptors (Lipinski definition) is 2. The van der Waals surface area contributed by atoms with Gasteiger partial charge in [-0.1, -0.05) is 13.8 Å². The molecule has 0 unspecified atom stereocenters. The summed E-state index contributed by atoms with van der Waals surface area (Å²) in [4.78, 5) is 0. The van der Waals surface area contributed by atoms with Gasteiger partial charge in [-0.2, -0.15) is 0 Å². The van der Waals surface area contributed by atoms with Gasteiger partial charge < -0.3 is 10.1 Å². The first-order chi connectivity index (χ1) is 7.20. The molecule has 0 amide bonds. The first-order valence-electron chi connectivity index (χ1n) is 6.58. The van der Waals surface area contributed by atoms with Crippen LogP contribution in [0.3, 0.4) is 0 Å². The van der Waals surface area contributed by atoms with E-state index in [1.54, 1.807) is 0 Å². The van der Waals surface area contributed by atoms with Gasteiger partial charge in [0.1, 0.15) is 0 Å². The van der Waals surface area contributed by atoms with Crippen molar-refractivity contribution in [2.45, 2.75) is 64.0 Å². The van der Waals surface area contributed by atoms with E-state index in [0.29, 0.717) is 6.04 Å². The summed E-state index contributed by atoms with van der Waals surface area (Å²) < 4.78 is 6.13. The molecule has 0 radical (unpaired) electrons. The summed E-state index contributed by atoms with van der Waals surface area (Å²) in [6, 6.07) is 0.602. The fraction of sp³-hybridized carbons (Fsp3) is 1.00. The van der Waals surface area contributed by atoms with E-state index in [2.05, 4.69) is 19.2 Å². The van der Waals surface area contributed by atoms with E-state index >= 15 is 0 Å². The van der Waals surface area contributed by atoms with Gasteiger partial charge in [-0.25, -0.2) is 0 Å². The summed E-state index contributed by atoms with van der Waals surface area (Å²) in [7, 11) is 0. The number of ether oxygens (including phenoxy) is 1. The molecule has 0 atom stereocenters. The molecule has 1 N–H and O–H groups in total. The first kappa shape index (κ1) is 11.4. The molecule has 0 aliphatic heterocycles. The van der Waals surface area contributed by atoms with E-state index in [1.807, 2.05) is 0 Å². The van der Waals surface area contributed by atoms with Crippen LogP contribution < -0.4 is 5.32 Å². The maximum atomic E-state index is 6.13. The molecular weight excluding hydrogens is 186 g/mol. The second kappa shape index (κ2) is 4.84. The predicted molar refractivity (Wildman–Crippen MR) is 63.0 cm³/mol. The van der Waals surface area contributed by atoms with Crippen molar-refractivity contribution in [3.8, 4) is 0 Å². The molecule has 2 fully saturated rings. The molecule has 0 heterocycles. The SMILES string of the molecule is CC(C)NCCC1(OCC2CC2)CCC1. The van der Waals surface area contributed by atoms with Crippen LogP contribution in [0.1, 0.15) is 52.4 Å². The van der Waals surface area contributed by atoms with Crippen LogP contribution in [0.5, 0.6) is 0 Å². The van der Waals surface area contributed by atoms with E-state index in [0.717, 1.165) is 19.1 Å². The van der Waals surface area contributed by atoms with Crippen LogP contribution in [-0.2, 0) is 4.74 Å². The van der Waals surface area contributed by atoms with Crippen LogP contribution >= 0.6 is 0 Å². The monoisotopic (exact) mass is 211 g/mol. The number of rotatable bonds is 7. The molecule has 2 nitrogen and oxygen atoms in total. The Balaban J connectivity index is 1.64. The average Bonchev–Trinajstić information content (AvgIpc) is 2.91. The van der Waals surface area contributed by atoms with Crippen LogP contribution in [0.15, 0.2) is 0 Å². The van der Waals surface area contributed by atoms with Crippen LogP contribution in [0, 0.1) is 5.92 Å². The molecule has 2 aliphatic rings. The van der Waals surface area contributed by atoms with Crippen LogP contribution in [0.25, 0.3) is 0 Å². The molecule has 0 aromatic rings. The highest BCUT2D eigenvalue weighted by Crippen LogP contribution is 2.40. The van der Waals surface area contributed by atoms with E-state index < -0.39 is 0 Å². The highest BCUT2D eigenvalue weighted by molar-refractivity contribution is 4.91. The molecule has 15 heavy (non-hydrogen) atoms. The van der Waals surface area contributed by atoms with Gasteiger partial charge in [0.15, 0.2) is 0 Å². The third kappa shape index (κ3) is 3.46. The Morgan fingerprint density at radius 3 is 2.53 bits per heavy atom. The van der Waals surface area contributed by atoms with Crippen molar-refractivity contribution >= 4 is 0 Å². The normalized spacial score (nSPS) is 24.2. The minimum absolute atomic E-state index is 0.268. The lowest BCUT2D eigenvalue weighted by molar-refractivity contribution is -0.108.